The van der Waals surface area contributed by atoms with Crippen molar-refractivity contribution in [1.82, 2.24) is 0 Å². The van der Waals surface area contributed by atoms with E-state index in [9.17, 15) is 10.1 Å². The van der Waals surface area contributed by atoms with Crippen molar-refractivity contribution in [1.29, 1.82) is 5.26 Å². The third-order valence-corrected chi connectivity index (χ3v) is 9.56. The number of allylic oxidation sites excluding steroid dienone is 3. The smallest absolute Gasteiger partial charge is 0.161 e. The number of amidine groups is 1. The number of Topliss-reactive ketones (excluding diaryl/α,β-unsaturated/α-hetero) is 1. The first-order valence-corrected chi connectivity index (χ1v) is 13.4. The molecule has 5 aliphatic heterocycles. The van der Waals surface area contributed by atoms with Gasteiger partial charge in [-0.2, -0.15) is 5.26 Å². The molecule has 2 aromatic rings. The number of rotatable bonds is 1. The standard InChI is InChI=1S/C26H22BrN5OS/c27-15-4-1-3-14(11-15)19-16(12-28)24-30-23(29)22-20-13-7-9-31(10-8-13)25(20)34-26(22)32(24)17-5-2-6-18(33)21(17)19/h1,3-4,11,13,19H,2,5-10H2,(H2,29,30)/t19-/m1/s1. The number of piperidine rings is 1. The molecule has 2 bridgehead atoms. The van der Waals surface area contributed by atoms with Gasteiger partial charge in [0.05, 0.1) is 28.1 Å². The predicted molar refractivity (Wildman–Crippen MR) is 137 cm³/mol. The highest BCUT2D eigenvalue weighted by atomic mass is 79.9. The van der Waals surface area contributed by atoms with E-state index in [4.69, 9.17) is 10.7 Å². The van der Waals surface area contributed by atoms with E-state index in [-0.39, 0.29) is 5.78 Å². The van der Waals surface area contributed by atoms with Crippen LogP contribution >= 0.6 is 27.3 Å². The largest absolute Gasteiger partial charge is 0.383 e. The number of carbonyl (C=O) groups is 1. The fraction of sp³-hybridized carbons (Fsp3) is 0.346. The van der Waals surface area contributed by atoms with E-state index in [0.29, 0.717) is 29.6 Å². The summed E-state index contributed by atoms with van der Waals surface area (Å²) in [7, 11) is 0. The van der Waals surface area contributed by atoms with Gasteiger partial charge >= 0.3 is 0 Å². The summed E-state index contributed by atoms with van der Waals surface area (Å²) < 4.78 is 0.921. The first-order valence-electron chi connectivity index (χ1n) is 11.8. The number of carbonyl (C=O) groups excluding carboxylic acids is 1. The van der Waals surface area contributed by atoms with Gasteiger partial charge in [-0.25, -0.2) is 4.99 Å². The first kappa shape index (κ1) is 20.5. The van der Waals surface area contributed by atoms with Gasteiger partial charge in [0.2, 0.25) is 0 Å². The van der Waals surface area contributed by atoms with Gasteiger partial charge in [-0.15, -0.1) is 0 Å². The number of hydrogen-bond acceptors (Lipinski definition) is 7. The van der Waals surface area contributed by atoms with Gasteiger partial charge in [0, 0.05) is 40.8 Å². The second-order valence-electron chi connectivity index (χ2n) is 9.57. The summed E-state index contributed by atoms with van der Waals surface area (Å²) >= 11 is 5.32. The van der Waals surface area contributed by atoms with Crippen LogP contribution in [0.4, 0.5) is 10.0 Å². The van der Waals surface area contributed by atoms with Gasteiger partial charge in [0.15, 0.2) is 11.6 Å². The van der Waals surface area contributed by atoms with Crippen molar-refractivity contribution >= 4 is 48.9 Å². The Kier molecular flexibility index (Phi) is 4.40. The Morgan fingerprint density at radius 1 is 1.21 bits per heavy atom. The zero-order valence-corrected chi connectivity index (χ0v) is 20.9. The number of benzene rings is 1. The maximum Gasteiger partial charge on any atom is 0.161 e. The monoisotopic (exact) mass is 531 g/mol. The van der Waals surface area contributed by atoms with Crippen LogP contribution in [0.1, 0.15) is 60.6 Å². The Morgan fingerprint density at radius 2 is 2.03 bits per heavy atom. The Balaban J connectivity index is 1.52. The molecule has 8 heteroatoms. The maximum absolute atomic E-state index is 13.4. The molecule has 1 aromatic heterocycles. The molecule has 1 atom stereocenters. The van der Waals surface area contributed by atoms with E-state index < -0.39 is 5.92 Å². The Morgan fingerprint density at radius 3 is 2.79 bits per heavy atom. The van der Waals surface area contributed by atoms with Crippen LogP contribution in [0.5, 0.6) is 0 Å². The van der Waals surface area contributed by atoms with Crippen molar-refractivity contribution in [3.8, 4) is 6.07 Å². The number of nitriles is 1. The summed E-state index contributed by atoms with van der Waals surface area (Å²) in [5.41, 5.74) is 12.2. The van der Waals surface area contributed by atoms with Crippen LogP contribution in [0.3, 0.4) is 0 Å². The number of nitrogens with two attached hydrogens (primary N) is 1. The topological polar surface area (TPSA) is 85.7 Å². The van der Waals surface area contributed by atoms with E-state index in [1.165, 1.54) is 10.6 Å². The van der Waals surface area contributed by atoms with Gasteiger partial charge in [-0.1, -0.05) is 39.4 Å². The summed E-state index contributed by atoms with van der Waals surface area (Å²) in [6, 6.07) is 10.3. The normalized spacial score (nSPS) is 23.4. The molecule has 0 saturated carbocycles. The Labute approximate surface area is 210 Å². The summed E-state index contributed by atoms with van der Waals surface area (Å²) in [4.78, 5) is 22.9. The molecular formula is C26H22BrN5OS. The number of aliphatic imine (C=N–C) groups is 1. The number of hydrogen-bond donors (Lipinski definition) is 1. The van der Waals surface area contributed by atoms with Crippen molar-refractivity contribution < 1.29 is 4.79 Å². The van der Waals surface area contributed by atoms with Gasteiger partial charge in [0.1, 0.15) is 10.8 Å². The highest BCUT2D eigenvalue weighted by molar-refractivity contribution is 9.10. The van der Waals surface area contributed by atoms with E-state index in [2.05, 4.69) is 31.8 Å². The fourth-order valence-corrected chi connectivity index (χ4v) is 8.27. The molecule has 1 fully saturated rings. The third-order valence-electron chi connectivity index (χ3n) is 7.81. The third kappa shape index (κ3) is 2.65. The molecule has 0 radical (unpaired) electrons. The lowest BCUT2D eigenvalue weighted by atomic mass is 9.75. The van der Waals surface area contributed by atoms with Crippen LogP contribution in [0.25, 0.3) is 0 Å². The fourth-order valence-electron chi connectivity index (χ4n) is 6.37. The molecule has 0 spiro atoms. The Bertz CT molecular complexity index is 1420. The molecule has 34 heavy (non-hydrogen) atoms. The molecular weight excluding hydrogens is 510 g/mol. The molecule has 6 nitrogen and oxygen atoms in total. The Hall–Kier alpha value is -2.89. The van der Waals surface area contributed by atoms with Crippen molar-refractivity contribution in [3.05, 3.63) is 68.1 Å². The minimum atomic E-state index is -0.427. The second-order valence-corrected chi connectivity index (χ2v) is 11.5. The predicted octanol–water partition coefficient (Wildman–Crippen LogP) is 5.27. The summed E-state index contributed by atoms with van der Waals surface area (Å²) in [6.07, 6.45) is 4.40. The van der Waals surface area contributed by atoms with Gasteiger partial charge in [0.25, 0.3) is 0 Å². The van der Waals surface area contributed by atoms with Crippen LogP contribution in [0, 0.1) is 11.3 Å². The number of thiophene rings is 1. The molecule has 1 aliphatic carbocycles. The molecule has 0 unspecified atom stereocenters. The lowest BCUT2D eigenvalue weighted by Crippen LogP contribution is -2.40. The van der Waals surface area contributed by atoms with E-state index in [1.54, 1.807) is 11.3 Å². The molecule has 1 saturated heterocycles. The molecule has 2 N–H and O–H groups in total. The number of fused-ring (bicyclic) bond motifs is 6. The van der Waals surface area contributed by atoms with Crippen LogP contribution in [-0.2, 0) is 4.79 Å². The van der Waals surface area contributed by atoms with Gasteiger partial charge < -0.3 is 10.6 Å². The van der Waals surface area contributed by atoms with Crippen LogP contribution in [-0.4, -0.2) is 24.7 Å². The van der Waals surface area contributed by atoms with Crippen molar-refractivity contribution in [3.63, 3.8) is 0 Å². The summed E-state index contributed by atoms with van der Waals surface area (Å²) in [6.45, 7) is 2.16. The first-order chi connectivity index (χ1) is 16.6. The molecule has 1 aromatic carbocycles. The SMILES string of the molecule is N#CC1=C2N=C(N)c3c(sc4c3C3CCN4CC3)N2C2=C(C(=O)CCC2)[C@@H]1c1cccc(Br)c1. The van der Waals surface area contributed by atoms with Crippen LogP contribution in [0.15, 0.2) is 56.4 Å². The second kappa shape index (κ2) is 7.30. The van der Waals surface area contributed by atoms with Crippen molar-refractivity contribution in [2.75, 3.05) is 22.9 Å². The van der Waals surface area contributed by atoms with Gasteiger partial charge in [-0.05, 0) is 49.3 Å². The average Bonchev–Trinajstić information content (AvgIpc) is 3.27. The lowest BCUT2D eigenvalue weighted by molar-refractivity contribution is -0.116. The van der Waals surface area contributed by atoms with Gasteiger partial charge in [-0.3, -0.25) is 9.69 Å². The minimum absolute atomic E-state index is 0.132. The van der Waals surface area contributed by atoms with Crippen LogP contribution < -0.4 is 15.5 Å². The number of nitrogens with zero attached hydrogens (tertiary/aromatic N) is 4. The van der Waals surface area contributed by atoms with E-state index >= 15 is 0 Å². The van der Waals surface area contributed by atoms with E-state index in [1.807, 2.05) is 24.3 Å². The molecule has 6 heterocycles. The zero-order chi connectivity index (χ0) is 23.1. The quantitative estimate of drug-likeness (QED) is 0.541. The summed E-state index contributed by atoms with van der Waals surface area (Å²) in [5.74, 6) is 1.30. The maximum atomic E-state index is 13.4. The lowest BCUT2D eigenvalue weighted by Gasteiger charge is -2.41. The molecule has 0 amide bonds. The van der Waals surface area contributed by atoms with E-state index in [0.717, 1.165) is 70.6 Å². The van der Waals surface area contributed by atoms with Crippen molar-refractivity contribution in [2.24, 2.45) is 10.7 Å². The number of ketones is 1. The highest BCUT2D eigenvalue weighted by Gasteiger charge is 2.46. The average molecular weight is 532 g/mol. The van der Waals surface area contributed by atoms with Crippen LogP contribution in [0.2, 0.25) is 0 Å². The summed E-state index contributed by atoms with van der Waals surface area (Å²) in [5, 5.41) is 12.7. The molecule has 170 valence electrons. The zero-order valence-electron chi connectivity index (χ0n) is 18.5. The number of halogens is 1. The molecule has 6 aliphatic rings. The highest BCUT2D eigenvalue weighted by Crippen LogP contribution is 2.57. The minimum Gasteiger partial charge on any atom is -0.383 e. The molecule has 8 rings (SSSR count). The van der Waals surface area contributed by atoms with Crippen molar-refractivity contribution in [2.45, 2.75) is 43.9 Å². The number of anilines is 2.